The Balaban J connectivity index is 2.06. The molecule has 0 bridgehead atoms. The van der Waals surface area contributed by atoms with Crippen molar-refractivity contribution in [1.82, 2.24) is 0 Å². The van der Waals surface area contributed by atoms with Crippen molar-refractivity contribution in [2.24, 2.45) is 5.92 Å². The van der Waals surface area contributed by atoms with E-state index >= 15 is 0 Å². The zero-order valence-corrected chi connectivity index (χ0v) is 12.0. The zero-order chi connectivity index (χ0) is 15.1. The first kappa shape index (κ1) is 14.8. The van der Waals surface area contributed by atoms with Gasteiger partial charge in [-0.1, -0.05) is 55.8 Å². The molecule has 0 aromatic heterocycles. The molecule has 0 fully saturated rings. The number of carbonyl (C=O) groups excluding carboxylic acids is 1. The van der Waals surface area contributed by atoms with Gasteiger partial charge in [0.2, 0.25) is 5.91 Å². The molecule has 3 heteroatoms. The fourth-order valence-corrected chi connectivity index (χ4v) is 2.15. The van der Waals surface area contributed by atoms with Gasteiger partial charge in [0.25, 0.3) is 0 Å². The molecule has 21 heavy (non-hydrogen) atoms. The average Bonchev–Trinajstić information content (AvgIpc) is 2.54. The van der Waals surface area contributed by atoms with E-state index in [1.165, 1.54) is 0 Å². The zero-order valence-electron chi connectivity index (χ0n) is 12.0. The summed E-state index contributed by atoms with van der Waals surface area (Å²) >= 11 is 0. The van der Waals surface area contributed by atoms with Crippen LogP contribution in [0.5, 0.6) is 0 Å². The Labute approximate surface area is 125 Å². The highest BCUT2D eigenvalue weighted by molar-refractivity contribution is 5.94. The van der Waals surface area contributed by atoms with Crippen molar-refractivity contribution in [3.63, 3.8) is 0 Å². The number of hydrogen-bond donors (Lipinski definition) is 1. The number of nitrogens with one attached hydrogen (secondary N) is 1. The molecule has 0 heterocycles. The van der Waals surface area contributed by atoms with E-state index in [0.29, 0.717) is 6.42 Å². The van der Waals surface area contributed by atoms with E-state index in [9.17, 15) is 4.79 Å². The Kier molecular flexibility index (Phi) is 5.11. The lowest BCUT2D eigenvalue weighted by molar-refractivity contribution is -0.118. The molecular formula is C18H18N2O. The summed E-state index contributed by atoms with van der Waals surface area (Å²) in [5.74, 6) is -0.810. The molecule has 0 aliphatic carbocycles. The van der Waals surface area contributed by atoms with Gasteiger partial charge in [-0.2, -0.15) is 5.26 Å². The summed E-state index contributed by atoms with van der Waals surface area (Å²) in [6.45, 7) is 1.96. The van der Waals surface area contributed by atoms with Crippen LogP contribution in [0, 0.1) is 17.2 Å². The van der Waals surface area contributed by atoms with E-state index in [1.807, 2.05) is 67.6 Å². The van der Waals surface area contributed by atoms with Gasteiger partial charge in [-0.15, -0.1) is 0 Å². The minimum Gasteiger partial charge on any atom is -0.325 e. The third-order valence-corrected chi connectivity index (χ3v) is 3.31. The predicted molar refractivity (Wildman–Crippen MR) is 84.5 cm³/mol. The summed E-state index contributed by atoms with van der Waals surface area (Å²) in [7, 11) is 0. The summed E-state index contributed by atoms with van der Waals surface area (Å²) < 4.78 is 0. The number of benzene rings is 2. The van der Waals surface area contributed by atoms with Crippen LogP contribution < -0.4 is 5.32 Å². The molecule has 1 N–H and O–H groups in total. The molecule has 3 nitrogen and oxygen atoms in total. The van der Waals surface area contributed by atoms with Gasteiger partial charge in [-0.3, -0.25) is 4.79 Å². The lowest BCUT2D eigenvalue weighted by Gasteiger charge is -2.10. The van der Waals surface area contributed by atoms with Gasteiger partial charge < -0.3 is 5.32 Å². The second kappa shape index (κ2) is 7.25. The topological polar surface area (TPSA) is 52.9 Å². The van der Waals surface area contributed by atoms with E-state index in [0.717, 1.165) is 23.2 Å². The third kappa shape index (κ3) is 3.93. The normalized spacial score (nSPS) is 11.4. The maximum Gasteiger partial charge on any atom is 0.241 e. The number of rotatable bonds is 5. The molecule has 0 saturated heterocycles. The SMILES string of the molecule is CCCC(C#N)C(=O)Nc1ccc(-c2ccccc2)cc1. The number of anilines is 1. The van der Waals surface area contributed by atoms with Gasteiger partial charge in [0.15, 0.2) is 0 Å². The summed E-state index contributed by atoms with van der Waals surface area (Å²) in [6, 6.07) is 19.8. The standard InChI is InChI=1S/C18H18N2O/c1-2-6-16(13-19)18(21)20-17-11-9-15(10-12-17)14-7-4-3-5-8-14/h3-5,7-12,16H,2,6H2,1H3,(H,20,21). The molecular weight excluding hydrogens is 260 g/mol. The molecule has 1 unspecified atom stereocenters. The van der Waals surface area contributed by atoms with Crippen LogP contribution in [0.4, 0.5) is 5.69 Å². The quantitative estimate of drug-likeness (QED) is 0.889. The number of hydrogen-bond acceptors (Lipinski definition) is 2. The number of nitriles is 1. The maximum atomic E-state index is 12.0. The lowest BCUT2D eigenvalue weighted by atomic mass is 10.0. The first-order chi connectivity index (χ1) is 10.2. The molecule has 2 aromatic rings. The van der Waals surface area contributed by atoms with Gasteiger partial charge in [0.1, 0.15) is 5.92 Å². The summed E-state index contributed by atoms with van der Waals surface area (Å²) in [4.78, 5) is 12.0. The fraction of sp³-hybridized carbons (Fsp3) is 0.222. The molecule has 0 spiro atoms. The van der Waals surface area contributed by atoms with Gasteiger partial charge in [-0.05, 0) is 29.7 Å². The second-order valence-corrected chi connectivity index (χ2v) is 4.90. The van der Waals surface area contributed by atoms with Crippen molar-refractivity contribution in [2.45, 2.75) is 19.8 Å². The van der Waals surface area contributed by atoms with Crippen molar-refractivity contribution in [3.8, 4) is 17.2 Å². The molecule has 0 aliphatic rings. The Morgan fingerprint density at radius 3 is 2.29 bits per heavy atom. The van der Waals surface area contributed by atoms with Crippen LogP contribution in [0.15, 0.2) is 54.6 Å². The highest BCUT2D eigenvalue weighted by atomic mass is 16.1. The summed E-state index contributed by atoms with van der Waals surface area (Å²) in [5.41, 5.74) is 2.95. The summed E-state index contributed by atoms with van der Waals surface area (Å²) in [5, 5.41) is 11.8. The average molecular weight is 278 g/mol. The predicted octanol–water partition coefficient (Wildman–Crippen LogP) is 4.23. The van der Waals surface area contributed by atoms with E-state index in [1.54, 1.807) is 0 Å². The van der Waals surface area contributed by atoms with Crippen molar-refractivity contribution in [1.29, 1.82) is 5.26 Å². The van der Waals surface area contributed by atoms with Crippen molar-refractivity contribution in [2.75, 3.05) is 5.32 Å². The smallest absolute Gasteiger partial charge is 0.241 e. The first-order valence-electron chi connectivity index (χ1n) is 7.10. The van der Waals surface area contributed by atoms with E-state index in [-0.39, 0.29) is 5.91 Å². The number of carbonyl (C=O) groups is 1. The molecule has 1 amide bonds. The van der Waals surface area contributed by atoms with Crippen LogP contribution in [0.25, 0.3) is 11.1 Å². The van der Waals surface area contributed by atoms with Crippen molar-refractivity contribution < 1.29 is 4.79 Å². The van der Waals surface area contributed by atoms with Gasteiger partial charge in [0, 0.05) is 5.69 Å². The molecule has 0 radical (unpaired) electrons. The first-order valence-corrected chi connectivity index (χ1v) is 7.10. The Bertz CT molecular complexity index is 627. The van der Waals surface area contributed by atoms with Crippen LogP contribution in [-0.2, 0) is 4.79 Å². The third-order valence-electron chi connectivity index (χ3n) is 3.31. The van der Waals surface area contributed by atoms with Gasteiger partial charge in [0.05, 0.1) is 6.07 Å². The molecule has 0 saturated carbocycles. The molecule has 106 valence electrons. The fourth-order valence-electron chi connectivity index (χ4n) is 2.15. The highest BCUT2D eigenvalue weighted by Crippen LogP contribution is 2.21. The highest BCUT2D eigenvalue weighted by Gasteiger charge is 2.16. The Hall–Kier alpha value is -2.60. The minimum atomic E-state index is -0.580. The van der Waals surface area contributed by atoms with Crippen molar-refractivity contribution >= 4 is 11.6 Å². The Morgan fingerprint density at radius 2 is 1.71 bits per heavy atom. The van der Waals surface area contributed by atoms with E-state index < -0.39 is 5.92 Å². The van der Waals surface area contributed by atoms with Crippen LogP contribution in [0.2, 0.25) is 0 Å². The minimum absolute atomic E-state index is 0.230. The number of amides is 1. The molecule has 1 atom stereocenters. The second-order valence-electron chi connectivity index (χ2n) is 4.90. The monoisotopic (exact) mass is 278 g/mol. The van der Waals surface area contributed by atoms with E-state index in [4.69, 9.17) is 5.26 Å². The maximum absolute atomic E-state index is 12.0. The Morgan fingerprint density at radius 1 is 1.10 bits per heavy atom. The van der Waals surface area contributed by atoms with Crippen LogP contribution >= 0.6 is 0 Å². The van der Waals surface area contributed by atoms with Crippen LogP contribution in [0.1, 0.15) is 19.8 Å². The van der Waals surface area contributed by atoms with Gasteiger partial charge >= 0.3 is 0 Å². The van der Waals surface area contributed by atoms with Gasteiger partial charge in [-0.25, -0.2) is 0 Å². The number of nitrogens with zero attached hydrogens (tertiary/aromatic N) is 1. The molecule has 2 rings (SSSR count). The van der Waals surface area contributed by atoms with Crippen LogP contribution in [-0.4, -0.2) is 5.91 Å². The molecule has 0 aliphatic heterocycles. The lowest BCUT2D eigenvalue weighted by Crippen LogP contribution is -2.21. The van der Waals surface area contributed by atoms with Crippen LogP contribution in [0.3, 0.4) is 0 Å². The van der Waals surface area contributed by atoms with Crippen molar-refractivity contribution in [3.05, 3.63) is 54.6 Å². The largest absolute Gasteiger partial charge is 0.325 e. The summed E-state index contributed by atoms with van der Waals surface area (Å²) in [6.07, 6.45) is 1.41. The van der Waals surface area contributed by atoms with E-state index in [2.05, 4.69) is 5.32 Å². The molecule has 2 aromatic carbocycles.